The summed E-state index contributed by atoms with van der Waals surface area (Å²) in [6, 6.07) is 8.02. The first-order valence-electron chi connectivity index (χ1n) is 4.27. The van der Waals surface area contributed by atoms with Gasteiger partial charge in [-0.2, -0.15) is 0 Å². The van der Waals surface area contributed by atoms with Crippen LogP contribution in [0.5, 0.6) is 0 Å². The Morgan fingerprint density at radius 1 is 1.50 bits per heavy atom. The third-order valence-corrected chi connectivity index (χ3v) is 2.64. The first kappa shape index (κ1) is 10.9. The Hall–Kier alpha value is -1.22. The maximum atomic E-state index is 10.1. The number of carbonyl (C=O) groups is 1. The Balaban J connectivity index is 2.68. The summed E-state index contributed by atoms with van der Waals surface area (Å²) in [6.45, 7) is 4.51. The molecule has 0 fully saturated rings. The van der Waals surface area contributed by atoms with Crippen molar-refractivity contribution in [3.05, 3.63) is 42.0 Å². The number of thioether (sulfide) groups is 1. The molecule has 0 unspecified atom stereocenters. The lowest BCUT2D eigenvalue weighted by atomic mass is 10.1. The third-order valence-electron chi connectivity index (χ3n) is 1.91. The van der Waals surface area contributed by atoms with Crippen LogP contribution in [-0.4, -0.2) is 12.7 Å². The van der Waals surface area contributed by atoms with Crippen molar-refractivity contribution in [1.29, 1.82) is 0 Å². The lowest BCUT2D eigenvalue weighted by Crippen LogP contribution is -2.09. The number of hydrogen-bond donors (Lipinski definition) is 1. The van der Waals surface area contributed by atoms with Crippen LogP contribution in [0.3, 0.4) is 0 Å². The Bertz CT molecular complexity index is 319. The zero-order chi connectivity index (χ0) is 10.4. The van der Waals surface area contributed by atoms with Crippen LogP contribution in [0, 0.1) is 0 Å². The van der Waals surface area contributed by atoms with Crippen LogP contribution in [0.15, 0.2) is 30.8 Å². The molecule has 1 N–H and O–H groups in total. The second-order valence-electron chi connectivity index (χ2n) is 2.82. The molecule has 0 saturated heterocycles. The van der Waals surface area contributed by atoms with Crippen molar-refractivity contribution >= 4 is 23.1 Å². The Morgan fingerprint density at radius 3 is 2.64 bits per heavy atom. The number of rotatable bonds is 5. The minimum absolute atomic E-state index is 0.579. The summed E-state index contributed by atoms with van der Waals surface area (Å²) in [4.78, 5) is 11.1. The zero-order valence-corrected chi connectivity index (χ0v) is 8.93. The van der Waals surface area contributed by atoms with Crippen molar-refractivity contribution in [3.63, 3.8) is 0 Å². The predicted molar refractivity (Wildman–Crippen MR) is 61.9 cm³/mol. The van der Waals surface area contributed by atoms with E-state index in [1.165, 1.54) is 0 Å². The van der Waals surface area contributed by atoms with E-state index >= 15 is 0 Å². The molecule has 0 aliphatic carbocycles. The maximum absolute atomic E-state index is 10.1. The van der Waals surface area contributed by atoms with Gasteiger partial charge in [0.05, 0.1) is 0 Å². The topological polar surface area (TPSA) is 29.1 Å². The van der Waals surface area contributed by atoms with Crippen LogP contribution in [0.4, 0.5) is 0 Å². The summed E-state index contributed by atoms with van der Waals surface area (Å²) >= 11 is 1.64. The summed E-state index contributed by atoms with van der Waals surface area (Å²) < 4.78 is 0. The fraction of sp³-hybridized carbons (Fsp3) is 0.182. The molecular formula is C11H13NOS. The monoisotopic (exact) mass is 207 g/mol. The van der Waals surface area contributed by atoms with Gasteiger partial charge in [-0.15, -0.1) is 11.8 Å². The first-order valence-corrected chi connectivity index (χ1v) is 5.49. The van der Waals surface area contributed by atoms with E-state index < -0.39 is 0 Å². The second kappa shape index (κ2) is 5.50. The van der Waals surface area contributed by atoms with Gasteiger partial charge >= 0.3 is 0 Å². The van der Waals surface area contributed by atoms with Crippen LogP contribution in [0.2, 0.25) is 0 Å². The number of amides is 1. The average molecular weight is 207 g/mol. The SMILES string of the molecule is C=C(SC)c1ccc(CNC=O)cc1. The van der Waals surface area contributed by atoms with E-state index in [4.69, 9.17) is 0 Å². The van der Waals surface area contributed by atoms with E-state index in [0.29, 0.717) is 13.0 Å². The lowest BCUT2D eigenvalue weighted by Gasteiger charge is -2.04. The molecule has 1 aromatic rings. The van der Waals surface area contributed by atoms with Gasteiger partial charge in [-0.3, -0.25) is 4.79 Å². The quantitative estimate of drug-likeness (QED) is 0.750. The van der Waals surface area contributed by atoms with Gasteiger partial charge in [0.1, 0.15) is 0 Å². The molecular weight excluding hydrogens is 194 g/mol. The molecule has 0 aliphatic rings. The van der Waals surface area contributed by atoms with Crippen molar-refractivity contribution in [2.45, 2.75) is 6.54 Å². The van der Waals surface area contributed by atoms with Crippen molar-refractivity contribution < 1.29 is 4.79 Å². The average Bonchev–Trinajstić information content (AvgIpc) is 2.26. The molecule has 1 aromatic carbocycles. The van der Waals surface area contributed by atoms with E-state index in [2.05, 4.69) is 11.9 Å². The highest BCUT2D eigenvalue weighted by Crippen LogP contribution is 2.22. The Labute approximate surface area is 88.4 Å². The molecule has 0 atom stereocenters. The van der Waals surface area contributed by atoms with E-state index in [0.717, 1.165) is 16.0 Å². The van der Waals surface area contributed by atoms with Gasteiger partial charge < -0.3 is 5.32 Å². The molecule has 0 radical (unpaired) electrons. The molecule has 14 heavy (non-hydrogen) atoms. The molecule has 1 rings (SSSR count). The number of nitrogens with one attached hydrogen (secondary N) is 1. The van der Waals surface area contributed by atoms with Crippen LogP contribution >= 0.6 is 11.8 Å². The van der Waals surface area contributed by atoms with Gasteiger partial charge in [-0.25, -0.2) is 0 Å². The Morgan fingerprint density at radius 2 is 2.14 bits per heavy atom. The summed E-state index contributed by atoms with van der Waals surface area (Å²) in [5.74, 6) is 0. The van der Waals surface area contributed by atoms with Crippen LogP contribution in [0.1, 0.15) is 11.1 Å². The van der Waals surface area contributed by atoms with Crippen molar-refractivity contribution in [1.82, 2.24) is 5.32 Å². The van der Waals surface area contributed by atoms with Gasteiger partial charge in [0.25, 0.3) is 0 Å². The van der Waals surface area contributed by atoms with Gasteiger partial charge in [0.15, 0.2) is 0 Å². The van der Waals surface area contributed by atoms with Gasteiger partial charge in [0, 0.05) is 11.4 Å². The lowest BCUT2D eigenvalue weighted by molar-refractivity contribution is -0.109. The molecule has 0 aromatic heterocycles. The fourth-order valence-corrected chi connectivity index (χ4v) is 1.46. The summed E-state index contributed by atoms with van der Waals surface area (Å²) in [6.07, 6.45) is 2.71. The smallest absolute Gasteiger partial charge is 0.207 e. The molecule has 3 heteroatoms. The second-order valence-corrected chi connectivity index (χ2v) is 3.72. The predicted octanol–water partition coefficient (Wildman–Crippen LogP) is 2.27. The van der Waals surface area contributed by atoms with Gasteiger partial charge in [-0.05, 0) is 17.4 Å². The highest BCUT2D eigenvalue weighted by atomic mass is 32.2. The third kappa shape index (κ3) is 2.92. The van der Waals surface area contributed by atoms with Crippen molar-refractivity contribution in [2.75, 3.05) is 6.26 Å². The molecule has 0 aliphatic heterocycles. The molecule has 2 nitrogen and oxygen atoms in total. The largest absolute Gasteiger partial charge is 0.355 e. The highest BCUT2D eigenvalue weighted by molar-refractivity contribution is 8.07. The summed E-state index contributed by atoms with van der Waals surface area (Å²) in [7, 11) is 0. The zero-order valence-electron chi connectivity index (χ0n) is 8.12. The van der Waals surface area contributed by atoms with Crippen molar-refractivity contribution in [2.24, 2.45) is 0 Å². The molecule has 0 spiro atoms. The van der Waals surface area contributed by atoms with Gasteiger partial charge in [-0.1, -0.05) is 30.8 Å². The standard InChI is InChI=1S/C11H13NOS/c1-9(14-2)11-5-3-10(4-6-11)7-12-8-13/h3-6,8H,1,7H2,2H3,(H,12,13). The first-order chi connectivity index (χ1) is 6.77. The van der Waals surface area contributed by atoms with E-state index in [1.54, 1.807) is 11.8 Å². The number of benzene rings is 1. The normalized spacial score (nSPS) is 9.50. The molecule has 0 bridgehead atoms. The number of carbonyl (C=O) groups excluding carboxylic acids is 1. The Kier molecular flexibility index (Phi) is 4.26. The van der Waals surface area contributed by atoms with Gasteiger partial charge in [0.2, 0.25) is 6.41 Å². The summed E-state index contributed by atoms with van der Waals surface area (Å²) in [5, 5.41) is 2.62. The minimum Gasteiger partial charge on any atom is -0.355 e. The highest BCUT2D eigenvalue weighted by Gasteiger charge is 1.96. The molecule has 0 heterocycles. The van der Waals surface area contributed by atoms with E-state index in [-0.39, 0.29) is 0 Å². The minimum atomic E-state index is 0.579. The summed E-state index contributed by atoms with van der Waals surface area (Å²) in [5.41, 5.74) is 2.22. The van der Waals surface area contributed by atoms with Crippen molar-refractivity contribution in [3.8, 4) is 0 Å². The molecule has 1 amide bonds. The molecule has 74 valence electrons. The van der Waals surface area contributed by atoms with Crippen LogP contribution in [-0.2, 0) is 11.3 Å². The van der Waals surface area contributed by atoms with Crippen LogP contribution < -0.4 is 5.32 Å². The van der Waals surface area contributed by atoms with E-state index in [9.17, 15) is 4.79 Å². The maximum Gasteiger partial charge on any atom is 0.207 e. The van der Waals surface area contributed by atoms with E-state index in [1.807, 2.05) is 30.5 Å². The fourth-order valence-electron chi connectivity index (χ4n) is 1.09. The molecule has 0 saturated carbocycles. The van der Waals surface area contributed by atoms with Crippen LogP contribution in [0.25, 0.3) is 4.91 Å². The number of hydrogen-bond acceptors (Lipinski definition) is 2.